The predicted octanol–water partition coefficient (Wildman–Crippen LogP) is 1.38. The molecule has 1 fully saturated rings. The van der Waals surface area contributed by atoms with Crippen LogP contribution in [0.2, 0.25) is 0 Å². The van der Waals surface area contributed by atoms with Gasteiger partial charge in [0.1, 0.15) is 0 Å². The van der Waals surface area contributed by atoms with Crippen molar-refractivity contribution < 1.29 is 4.79 Å². The monoisotopic (exact) mass is 261 g/mol. The highest BCUT2D eigenvalue weighted by atomic mass is 32.1. The van der Waals surface area contributed by atoms with Crippen LogP contribution < -0.4 is 5.32 Å². The highest BCUT2D eigenvalue weighted by molar-refractivity contribution is 7.08. The molecule has 18 heavy (non-hydrogen) atoms. The molecule has 0 radical (unpaired) electrons. The van der Waals surface area contributed by atoms with Gasteiger partial charge in [0, 0.05) is 22.4 Å². The van der Waals surface area contributed by atoms with Crippen LogP contribution in [-0.2, 0) is 0 Å². The Morgan fingerprint density at radius 2 is 2.33 bits per heavy atom. The fraction of sp³-hybridized carbons (Fsp3) is 0.273. The molecule has 2 aromatic heterocycles. The molecule has 3 rings (SSSR count). The van der Waals surface area contributed by atoms with Gasteiger partial charge in [0.15, 0.2) is 0 Å². The molecule has 1 aliphatic rings. The maximum absolute atomic E-state index is 12.1. The summed E-state index contributed by atoms with van der Waals surface area (Å²) in [7, 11) is 0. The Bertz CT molecular complexity index is 580. The molecule has 0 saturated heterocycles. The zero-order valence-electron chi connectivity index (χ0n) is 9.51. The molecule has 2 heterocycles. The first-order valence-electron chi connectivity index (χ1n) is 5.51. The highest BCUT2D eigenvalue weighted by Gasteiger charge is 2.25. The number of hydrogen-bond donors (Lipinski definition) is 2. The second kappa shape index (κ2) is 4.34. The first-order chi connectivity index (χ1) is 8.74. The lowest BCUT2D eigenvalue weighted by Crippen LogP contribution is -2.40. The van der Waals surface area contributed by atoms with Gasteiger partial charge in [0.05, 0.1) is 5.56 Å². The number of tetrazole rings is 1. The fourth-order valence-electron chi connectivity index (χ4n) is 1.92. The number of hydrogen-bond acceptors (Lipinski definition) is 5. The quantitative estimate of drug-likeness (QED) is 0.817. The van der Waals surface area contributed by atoms with E-state index in [9.17, 15) is 4.79 Å². The number of nitrogens with one attached hydrogen (secondary N) is 2. The van der Waals surface area contributed by atoms with E-state index >= 15 is 0 Å². The van der Waals surface area contributed by atoms with Gasteiger partial charge < -0.3 is 5.32 Å². The molecule has 0 aromatic carbocycles. The molecule has 6 nitrogen and oxygen atoms in total. The number of rotatable bonds is 3. The van der Waals surface area contributed by atoms with Crippen molar-refractivity contribution in [3.05, 3.63) is 28.5 Å². The summed E-state index contributed by atoms with van der Waals surface area (Å²) in [6, 6.07) is 0.211. The normalized spacial score (nSPS) is 15.4. The van der Waals surface area contributed by atoms with E-state index in [-0.39, 0.29) is 11.9 Å². The van der Waals surface area contributed by atoms with E-state index in [0.717, 1.165) is 12.8 Å². The van der Waals surface area contributed by atoms with E-state index in [4.69, 9.17) is 0 Å². The molecule has 1 aliphatic carbocycles. The Balaban J connectivity index is 1.78. The number of carbonyl (C=O) groups is 1. The summed E-state index contributed by atoms with van der Waals surface area (Å²) in [5.41, 5.74) is 2.49. The van der Waals surface area contributed by atoms with Gasteiger partial charge in [-0.25, -0.2) is 0 Å². The van der Waals surface area contributed by atoms with Crippen molar-refractivity contribution in [2.24, 2.45) is 0 Å². The van der Waals surface area contributed by atoms with Gasteiger partial charge in [-0.05, 0) is 18.1 Å². The third-order valence-electron chi connectivity index (χ3n) is 2.90. The Morgan fingerprint density at radius 3 is 3.00 bits per heavy atom. The third-order valence-corrected chi connectivity index (χ3v) is 3.64. The molecule has 1 amide bonds. The summed E-state index contributed by atoms with van der Waals surface area (Å²) < 4.78 is 0. The van der Waals surface area contributed by atoms with Gasteiger partial charge in [0.25, 0.3) is 5.91 Å². The van der Waals surface area contributed by atoms with Crippen molar-refractivity contribution in [1.82, 2.24) is 25.9 Å². The zero-order chi connectivity index (χ0) is 12.5. The number of thiophene rings is 1. The Kier molecular flexibility index (Phi) is 2.67. The summed E-state index contributed by atoms with van der Waals surface area (Å²) in [5.74, 6) is 0.355. The van der Waals surface area contributed by atoms with Crippen LogP contribution >= 0.6 is 11.3 Å². The van der Waals surface area contributed by atoms with Crippen LogP contribution in [0.1, 0.15) is 23.2 Å². The van der Waals surface area contributed by atoms with E-state index in [0.29, 0.717) is 17.0 Å². The van der Waals surface area contributed by atoms with Crippen LogP contribution in [0.4, 0.5) is 0 Å². The average Bonchev–Trinajstić information content (AvgIpc) is 2.97. The van der Waals surface area contributed by atoms with Gasteiger partial charge in [-0.3, -0.25) is 4.79 Å². The Morgan fingerprint density at radius 1 is 1.50 bits per heavy atom. The van der Waals surface area contributed by atoms with Gasteiger partial charge in [-0.2, -0.15) is 16.6 Å². The number of nitrogens with zero attached hydrogens (tertiary/aromatic N) is 3. The van der Waals surface area contributed by atoms with Gasteiger partial charge in [-0.1, -0.05) is 12.2 Å². The molecule has 2 N–H and O–H groups in total. The first-order valence-corrected chi connectivity index (χ1v) is 6.46. The SMILES string of the molecule is C=C1CC(NC(=O)c2cscc2-c2nn[nH]n2)C1. The van der Waals surface area contributed by atoms with Crippen LogP contribution in [0, 0.1) is 0 Å². The van der Waals surface area contributed by atoms with Crippen molar-refractivity contribution in [3.63, 3.8) is 0 Å². The molecule has 1 saturated carbocycles. The lowest BCUT2D eigenvalue weighted by molar-refractivity contribution is 0.0930. The minimum absolute atomic E-state index is 0.0893. The summed E-state index contributed by atoms with van der Waals surface area (Å²) in [6.07, 6.45) is 1.74. The van der Waals surface area contributed by atoms with Gasteiger partial charge in [-0.15, -0.1) is 10.2 Å². The highest BCUT2D eigenvalue weighted by Crippen LogP contribution is 2.27. The number of aromatic nitrogens is 4. The second-order valence-electron chi connectivity index (χ2n) is 4.26. The zero-order valence-corrected chi connectivity index (χ0v) is 10.3. The van der Waals surface area contributed by atoms with E-state index in [1.807, 2.05) is 5.38 Å². The van der Waals surface area contributed by atoms with E-state index < -0.39 is 0 Å². The summed E-state index contributed by atoms with van der Waals surface area (Å²) in [6.45, 7) is 3.86. The largest absolute Gasteiger partial charge is 0.349 e. The van der Waals surface area contributed by atoms with E-state index in [1.54, 1.807) is 5.38 Å². The lowest BCUT2D eigenvalue weighted by atomic mass is 9.87. The molecule has 0 spiro atoms. The van der Waals surface area contributed by atoms with Crippen molar-refractivity contribution in [1.29, 1.82) is 0 Å². The summed E-state index contributed by atoms with van der Waals surface area (Å²) in [5, 5.41) is 20.3. The Labute approximate surface area is 107 Å². The van der Waals surface area contributed by atoms with E-state index in [2.05, 4.69) is 32.5 Å². The first kappa shape index (κ1) is 11.1. The van der Waals surface area contributed by atoms with Crippen molar-refractivity contribution >= 4 is 17.2 Å². The number of amides is 1. The molecule has 0 aliphatic heterocycles. The maximum Gasteiger partial charge on any atom is 0.253 e. The van der Waals surface area contributed by atoms with Crippen LogP contribution in [-0.4, -0.2) is 32.6 Å². The molecule has 92 valence electrons. The smallest absolute Gasteiger partial charge is 0.253 e. The number of aromatic amines is 1. The van der Waals surface area contributed by atoms with Crippen molar-refractivity contribution in [3.8, 4) is 11.4 Å². The molecular weight excluding hydrogens is 250 g/mol. The van der Waals surface area contributed by atoms with Crippen molar-refractivity contribution in [2.75, 3.05) is 0 Å². The molecule has 0 bridgehead atoms. The minimum atomic E-state index is -0.0893. The van der Waals surface area contributed by atoms with E-state index in [1.165, 1.54) is 16.9 Å². The fourth-order valence-corrected chi connectivity index (χ4v) is 2.73. The Hall–Kier alpha value is -2.02. The lowest BCUT2D eigenvalue weighted by Gasteiger charge is -2.29. The minimum Gasteiger partial charge on any atom is -0.349 e. The second-order valence-corrected chi connectivity index (χ2v) is 5.01. The third kappa shape index (κ3) is 1.92. The van der Waals surface area contributed by atoms with Crippen molar-refractivity contribution in [2.45, 2.75) is 18.9 Å². The summed E-state index contributed by atoms with van der Waals surface area (Å²) >= 11 is 1.45. The molecule has 0 unspecified atom stereocenters. The standard InChI is InChI=1S/C11H11N5OS/c1-6-2-7(3-6)12-11(17)9-5-18-4-8(9)10-13-15-16-14-10/h4-5,7H,1-3H2,(H,12,17)(H,13,14,15,16). The predicted molar refractivity (Wildman–Crippen MR) is 67.1 cm³/mol. The maximum atomic E-state index is 12.1. The number of carbonyl (C=O) groups excluding carboxylic acids is 1. The van der Waals surface area contributed by atoms with Crippen LogP contribution in [0.3, 0.4) is 0 Å². The molecule has 2 aromatic rings. The van der Waals surface area contributed by atoms with Crippen LogP contribution in [0.5, 0.6) is 0 Å². The van der Waals surface area contributed by atoms with Gasteiger partial charge in [0.2, 0.25) is 5.82 Å². The van der Waals surface area contributed by atoms with Gasteiger partial charge >= 0.3 is 0 Å². The topological polar surface area (TPSA) is 83.6 Å². The number of H-pyrrole nitrogens is 1. The van der Waals surface area contributed by atoms with Crippen LogP contribution in [0.25, 0.3) is 11.4 Å². The average molecular weight is 261 g/mol. The molecular formula is C11H11N5OS. The van der Waals surface area contributed by atoms with Crippen LogP contribution in [0.15, 0.2) is 22.9 Å². The molecule has 7 heteroatoms. The summed E-state index contributed by atoms with van der Waals surface area (Å²) in [4.78, 5) is 12.1. The molecule has 0 atom stereocenters.